The van der Waals surface area contributed by atoms with Crippen LogP contribution in [-0.2, 0) is 11.0 Å². The molecule has 0 atom stereocenters. The molecule has 0 unspecified atom stereocenters. The highest BCUT2D eigenvalue weighted by Gasteiger charge is 2.33. The lowest BCUT2D eigenvalue weighted by Gasteiger charge is -2.14. The molecular weight excluding hydrogens is 427 g/mol. The number of benzene rings is 2. The van der Waals surface area contributed by atoms with Gasteiger partial charge in [-0.15, -0.1) is 0 Å². The van der Waals surface area contributed by atoms with E-state index in [-0.39, 0.29) is 21.7 Å². The fraction of sp³-hybridized carbons (Fsp3) is 0.263. The molecule has 0 heterocycles. The van der Waals surface area contributed by atoms with Gasteiger partial charge in [-0.2, -0.15) is 13.2 Å². The van der Waals surface area contributed by atoms with E-state index in [1.807, 2.05) is 0 Å². The van der Waals surface area contributed by atoms with Gasteiger partial charge < -0.3 is 20.7 Å². The third-order valence-corrected chi connectivity index (χ3v) is 4.14. The van der Waals surface area contributed by atoms with Gasteiger partial charge in [0.25, 0.3) is 0 Å². The predicted molar refractivity (Wildman–Crippen MR) is 112 cm³/mol. The molecular formula is C19H19ClF3N3O2S. The van der Waals surface area contributed by atoms with Gasteiger partial charge in [0, 0.05) is 30.9 Å². The van der Waals surface area contributed by atoms with E-state index in [9.17, 15) is 18.0 Å². The molecule has 0 radical (unpaired) electrons. The third kappa shape index (κ3) is 7.78. The second kappa shape index (κ2) is 10.3. The molecule has 2 aromatic rings. The summed E-state index contributed by atoms with van der Waals surface area (Å²) in [6.07, 6.45) is -3.95. The summed E-state index contributed by atoms with van der Waals surface area (Å²) in [6, 6.07) is 10.5. The summed E-state index contributed by atoms with van der Waals surface area (Å²) in [4.78, 5) is 11.1. The summed E-state index contributed by atoms with van der Waals surface area (Å²) in [5.41, 5.74) is -0.105. The molecule has 0 saturated heterocycles. The van der Waals surface area contributed by atoms with E-state index in [1.54, 1.807) is 24.3 Å². The summed E-state index contributed by atoms with van der Waals surface area (Å²) in [6.45, 7) is 2.26. The number of halogens is 4. The molecule has 5 nitrogen and oxygen atoms in total. The number of ether oxygens (including phenoxy) is 1. The van der Waals surface area contributed by atoms with Crippen LogP contribution in [0.3, 0.4) is 0 Å². The fourth-order valence-electron chi connectivity index (χ4n) is 2.33. The van der Waals surface area contributed by atoms with E-state index in [2.05, 4.69) is 16.0 Å². The van der Waals surface area contributed by atoms with Crippen molar-refractivity contribution in [2.24, 2.45) is 0 Å². The molecule has 0 bridgehead atoms. The first kappa shape index (κ1) is 22.8. The number of hydrogen-bond acceptors (Lipinski definition) is 3. The molecule has 1 amide bonds. The maximum atomic E-state index is 12.9. The second-order valence-electron chi connectivity index (χ2n) is 5.98. The van der Waals surface area contributed by atoms with Gasteiger partial charge in [-0.05, 0) is 49.0 Å². The Bertz CT molecular complexity index is 878. The normalized spacial score (nSPS) is 10.9. The minimum atomic E-state index is -4.54. The first-order valence-electron chi connectivity index (χ1n) is 8.57. The Kier molecular flexibility index (Phi) is 8.10. The summed E-state index contributed by atoms with van der Waals surface area (Å²) >= 11 is 10.7. The van der Waals surface area contributed by atoms with Crippen molar-refractivity contribution >= 4 is 46.2 Å². The monoisotopic (exact) mass is 445 g/mol. The van der Waals surface area contributed by atoms with Gasteiger partial charge in [-0.3, -0.25) is 4.79 Å². The van der Waals surface area contributed by atoms with E-state index in [1.165, 1.54) is 13.0 Å². The molecule has 0 aliphatic heterocycles. The van der Waals surface area contributed by atoms with Crippen molar-refractivity contribution in [2.75, 3.05) is 23.8 Å². The van der Waals surface area contributed by atoms with Crippen molar-refractivity contribution in [2.45, 2.75) is 19.5 Å². The summed E-state index contributed by atoms with van der Waals surface area (Å²) < 4.78 is 44.3. The number of hydrogen-bond donors (Lipinski definition) is 3. The molecule has 0 aromatic heterocycles. The minimum Gasteiger partial charge on any atom is -0.493 e. The average molecular weight is 446 g/mol. The molecule has 10 heteroatoms. The van der Waals surface area contributed by atoms with Crippen LogP contribution in [0.5, 0.6) is 5.75 Å². The number of carbonyl (C=O) groups is 1. The number of thiocarbonyl (C=S) groups is 1. The molecule has 156 valence electrons. The van der Waals surface area contributed by atoms with Crippen molar-refractivity contribution in [1.29, 1.82) is 0 Å². The first-order valence-corrected chi connectivity index (χ1v) is 9.36. The number of carbonyl (C=O) groups excluding carboxylic acids is 1. The fourth-order valence-corrected chi connectivity index (χ4v) is 2.77. The van der Waals surface area contributed by atoms with Gasteiger partial charge in [-0.25, -0.2) is 0 Å². The maximum Gasteiger partial charge on any atom is 0.417 e. The zero-order chi connectivity index (χ0) is 21.4. The predicted octanol–water partition coefficient (Wildman–Crippen LogP) is 5.07. The zero-order valence-electron chi connectivity index (χ0n) is 15.4. The Labute approximate surface area is 176 Å². The van der Waals surface area contributed by atoms with Crippen LogP contribution in [0, 0.1) is 0 Å². The maximum absolute atomic E-state index is 12.9. The third-order valence-electron chi connectivity index (χ3n) is 3.56. The Morgan fingerprint density at radius 3 is 2.55 bits per heavy atom. The largest absolute Gasteiger partial charge is 0.493 e. The number of nitrogens with one attached hydrogen (secondary N) is 3. The molecule has 2 aromatic carbocycles. The Balaban J connectivity index is 1.75. The van der Waals surface area contributed by atoms with Crippen molar-refractivity contribution in [3.63, 3.8) is 0 Å². The summed E-state index contributed by atoms with van der Waals surface area (Å²) in [5.74, 6) is 0.438. The van der Waals surface area contributed by atoms with E-state index in [0.717, 1.165) is 12.1 Å². The highest BCUT2D eigenvalue weighted by molar-refractivity contribution is 7.80. The van der Waals surface area contributed by atoms with Crippen LogP contribution in [0.25, 0.3) is 0 Å². The van der Waals surface area contributed by atoms with Crippen LogP contribution in [0.2, 0.25) is 5.02 Å². The lowest BCUT2D eigenvalue weighted by Crippen LogP contribution is -2.30. The van der Waals surface area contributed by atoms with Crippen LogP contribution in [0.1, 0.15) is 18.9 Å². The van der Waals surface area contributed by atoms with Gasteiger partial charge >= 0.3 is 6.18 Å². The highest BCUT2D eigenvalue weighted by atomic mass is 35.5. The summed E-state index contributed by atoms with van der Waals surface area (Å²) in [7, 11) is 0. The lowest BCUT2D eigenvalue weighted by molar-refractivity contribution is -0.137. The smallest absolute Gasteiger partial charge is 0.417 e. The van der Waals surface area contributed by atoms with Crippen molar-refractivity contribution in [3.05, 3.63) is 53.1 Å². The van der Waals surface area contributed by atoms with Gasteiger partial charge in [-0.1, -0.05) is 17.7 Å². The molecule has 0 aliphatic rings. The Morgan fingerprint density at radius 2 is 1.86 bits per heavy atom. The van der Waals surface area contributed by atoms with Crippen LogP contribution in [0.15, 0.2) is 42.5 Å². The SMILES string of the molecule is CC(=O)Nc1cccc(OCCCNC(=S)Nc2ccc(Cl)c(C(F)(F)F)c2)c1. The number of rotatable bonds is 7. The highest BCUT2D eigenvalue weighted by Crippen LogP contribution is 2.36. The molecule has 0 saturated carbocycles. The van der Waals surface area contributed by atoms with E-state index < -0.39 is 11.7 Å². The Hall–Kier alpha value is -2.52. The zero-order valence-corrected chi connectivity index (χ0v) is 17.0. The van der Waals surface area contributed by atoms with E-state index in [0.29, 0.717) is 31.0 Å². The quantitative estimate of drug-likeness (QED) is 0.410. The van der Waals surface area contributed by atoms with Gasteiger partial charge in [0.2, 0.25) is 5.91 Å². The molecule has 0 aliphatic carbocycles. The van der Waals surface area contributed by atoms with Crippen LogP contribution in [0.4, 0.5) is 24.5 Å². The molecule has 29 heavy (non-hydrogen) atoms. The standard InChI is InChI=1S/C19H19ClF3N3O2S/c1-12(27)25-13-4-2-5-15(10-13)28-9-3-8-24-18(29)26-14-6-7-17(20)16(11-14)19(21,22)23/h2,4-7,10-11H,3,8-9H2,1H3,(H,25,27)(H2,24,26,29). The molecule has 3 N–H and O–H groups in total. The number of amides is 1. The van der Waals surface area contributed by atoms with Gasteiger partial charge in [0.15, 0.2) is 5.11 Å². The topological polar surface area (TPSA) is 62.4 Å². The number of alkyl halides is 3. The van der Waals surface area contributed by atoms with Gasteiger partial charge in [0.1, 0.15) is 5.75 Å². The second-order valence-corrected chi connectivity index (χ2v) is 6.80. The summed E-state index contributed by atoms with van der Waals surface area (Å²) in [5, 5.41) is 8.07. The van der Waals surface area contributed by atoms with Crippen LogP contribution < -0.4 is 20.7 Å². The van der Waals surface area contributed by atoms with Crippen LogP contribution in [-0.4, -0.2) is 24.2 Å². The van der Waals surface area contributed by atoms with Crippen molar-refractivity contribution in [1.82, 2.24) is 5.32 Å². The molecule has 0 spiro atoms. The van der Waals surface area contributed by atoms with Crippen molar-refractivity contribution in [3.8, 4) is 5.75 Å². The van der Waals surface area contributed by atoms with Gasteiger partial charge in [0.05, 0.1) is 17.2 Å². The van der Waals surface area contributed by atoms with E-state index >= 15 is 0 Å². The lowest BCUT2D eigenvalue weighted by atomic mass is 10.2. The molecule has 2 rings (SSSR count). The molecule has 0 fully saturated rings. The number of anilines is 2. The van der Waals surface area contributed by atoms with Crippen LogP contribution >= 0.6 is 23.8 Å². The average Bonchev–Trinajstić information content (AvgIpc) is 2.62. The van der Waals surface area contributed by atoms with E-state index in [4.69, 9.17) is 28.6 Å². The minimum absolute atomic E-state index is 0.171. The first-order chi connectivity index (χ1) is 13.6. The Morgan fingerprint density at radius 1 is 1.14 bits per heavy atom. The van der Waals surface area contributed by atoms with Crippen molar-refractivity contribution < 1.29 is 22.7 Å².